The minimum Gasteiger partial charge on any atom is -0.391 e. The first kappa shape index (κ1) is 21.4. The van der Waals surface area contributed by atoms with Crippen LogP contribution in [-0.4, -0.2) is 78.4 Å². The van der Waals surface area contributed by atoms with Crippen LogP contribution in [0.5, 0.6) is 0 Å². The first-order valence-corrected chi connectivity index (χ1v) is 10.2. The van der Waals surface area contributed by atoms with E-state index in [1.165, 1.54) is 19.0 Å². The van der Waals surface area contributed by atoms with Gasteiger partial charge in [0, 0.05) is 44.2 Å². The number of benzene rings is 1. The van der Waals surface area contributed by atoms with Crippen LogP contribution in [0.25, 0.3) is 0 Å². The summed E-state index contributed by atoms with van der Waals surface area (Å²) < 4.78 is 25.2. The summed E-state index contributed by atoms with van der Waals surface area (Å²) in [6.45, 7) is 3.41. The molecule has 0 saturated carbocycles. The molecule has 1 aromatic rings. The highest BCUT2D eigenvalue weighted by Gasteiger charge is 2.37. The number of carbonyl (C=O) groups excluding carboxylic acids is 1. The number of hydrogen-bond acceptors (Lipinski definition) is 5. The molecule has 7 nitrogen and oxygen atoms in total. The second-order valence-corrected chi connectivity index (χ2v) is 9.72. The largest absolute Gasteiger partial charge is 0.391 e. The van der Waals surface area contributed by atoms with E-state index >= 15 is 0 Å². The molecule has 1 heterocycles. The number of likely N-dealkylation sites (tertiary alicyclic amines) is 1. The molecule has 27 heavy (non-hydrogen) atoms. The summed E-state index contributed by atoms with van der Waals surface area (Å²) in [6.07, 6.45) is -0.887. The average Bonchev–Trinajstić information content (AvgIpc) is 2.92. The van der Waals surface area contributed by atoms with E-state index in [4.69, 9.17) is 0 Å². The second-order valence-electron chi connectivity index (χ2n) is 7.49. The monoisotopic (exact) mass is 394 g/mol. The number of hydrogen-bond donors (Lipinski definition) is 2. The third-order valence-corrected chi connectivity index (χ3v) is 6.26. The molecule has 148 valence electrons. The van der Waals surface area contributed by atoms with E-state index in [9.17, 15) is 23.4 Å². The zero-order valence-corrected chi connectivity index (χ0v) is 16.8. The van der Waals surface area contributed by atoms with Crippen LogP contribution in [0, 0.1) is 17.8 Å². The lowest BCUT2D eigenvalue weighted by molar-refractivity contribution is 0.0764. The minimum atomic E-state index is -3.46. The number of rotatable bonds is 4. The molecule has 0 aromatic heterocycles. The van der Waals surface area contributed by atoms with Crippen LogP contribution in [0.1, 0.15) is 29.8 Å². The van der Waals surface area contributed by atoms with Crippen LogP contribution >= 0.6 is 0 Å². The number of carbonyl (C=O) groups is 1. The molecule has 2 rings (SSSR count). The lowest BCUT2D eigenvalue weighted by Gasteiger charge is -2.18. The predicted octanol–water partition coefficient (Wildman–Crippen LogP) is 0.133. The van der Waals surface area contributed by atoms with Crippen molar-refractivity contribution < 1.29 is 23.4 Å². The smallest absolute Gasteiger partial charge is 0.253 e. The Morgan fingerprint density at radius 2 is 2.00 bits per heavy atom. The van der Waals surface area contributed by atoms with Gasteiger partial charge in [0.25, 0.3) is 5.91 Å². The Morgan fingerprint density at radius 1 is 1.33 bits per heavy atom. The van der Waals surface area contributed by atoms with Gasteiger partial charge in [-0.2, -0.15) is 0 Å². The molecule has 0 unspecified atom stereocenters. The highest BCUT2D eigenvalue weighted by Crippen LogP contribution is 2.22. The molecule has 1 fully saturated rings. The quantitative estimate of drug-likeness (QED) is 0.708. The molecule has 1 aliphatic heterocycles. The fourth-order valence-electron chi connectivity index (χ4n) is 2.74. The standard InChI is InChI=1S/C19H26N2O5S/c1-19(2,24)9-8-14-6-5-7-15(10-14)18(23)21-11-16(17(22)12-21)13-27(25,26)20(3)4/h5-7,10,16-17,22,24H,11-13H2,1-4H3/t16-,17+/m0/s1. The second kappa shape index (κ2) is 7.98. The number of amides is 1. The maximum Gasteiger partial charge on any atom is 0.253 e. The van der Waals surface area contributed by atoms with Crippen molar-refractivity contribution >= 4 is 15.9 Å². The lowest BCUT2D eigenvalue weighted by atomic mass is 10.1. The van der Waals surface area contributed by atoms with E-state index in [-0.39, 0.29) is 24.7 Å². The minimum absolute atomic E-state index is 0.0893. The SMILES string of the molecule is CN(C)S(=O)(=O)C[C@@H]1CN(C(=O)c2cccc(C#CC(C)(C)O)c2)C[C@H]1O. The molecule has 1 saturated heterocycles. The molecule has 1 aromatic carbocycles. The van der Waals surface area contributed by atoms with E-state index in [0.717, 1.165) is 4.31 Å². The van der Waals surface area contributed by atoms with Gasteiger partial charge >= 0.3 is 0 Å². The Labute approximate surface area is 160 Å². The summed E-state index contributed by atoms with van der Waals surface area (Å²) in [5.41, 5.74) is -0.139. The van der Waals surface area contributed by atoms with Gasteiger partial charge in [-0.05, 0) is 32.0 Å². The molecular weight excluding hydrogens is 368 g/mol. The third kappa shape index (κ3) is 5.78. The highest BCUT2D eigenvalue weighted by molar-refractivity contribution is 7.89. The van der Waals surface area contributed by atoms with Gasteiger partial charge in [-0.3, -0.25) is 4.79 Å². The van der Waals surface area contributed by atoms with E-state index in [2.05, 4.69) is 11.8 Å². The van der Waals surface area contributed by atoms with Crippen LogP contribution in [0.3, 0.4) is 0 Å². The van der Waals surface area contributed by atoms with Crippen LogP contribution in [-0.2, 0) is 10.0 Å². The fourth-order valence-corrected chi connectivity index (χ4v) is 3.91. The average molecular weight is 394 g/mol. The summed E-state index contributed by atoms with van der Waals surface area (Å²) in [6, 6.07) is 6.70. The first-order chi connectivity index (χ1) is 12.4. The number of aliphatic hydroxyl groups excluding tert-OH is 1. The molecule has 2 atom stereocenters. The van der Waals surface area contributed by atoms with Crippen molar-refractivity contribution in [2.75, 3.05) is 32.9 Å². The van der Waals surface area contributed by atoms with Crippen molar-refractivity contribution in [2.24, 2.45) is 5.92 Å². The zero-order chi connectivity index (χ0) is 20.4. The zero-order valence-electron chi connectivity index (χ0n) is 16.0. The van der Waals surface area contributed by atoms with Crippen molar-refractivity contribution in [3.63, 3.8) is 0 Å². The molecule has 0 spiro atoms. The Morgan fingerprint density at radius 3 is 2.59 bits per heavy atom. The van der Waals surface area contributed by atoms with Crippen molar-refractivity contribution in [1.29, 1.82) is 0 Å². The van der Waals surface area contributed by atoms with Crippen LogP contribution < -0.4 is 0 Å². The van der Waals surface area contributed by atoms with E-state index in [1.54, 1.807) is 38.1 Å². The molecule has 0 bridgehead atoms. The van der Waals surface area contributed by atoms with Crippen molar-refractivity contribution in [1.82, 2.24) is 9.21 Å². The predicted molar refractivity (Wildman–Crippen MR) is 102 cm³/mol. The molecular formula is C19H26N2O5S. The summed E-state index contributed by atoms with van der Waals surface area (Å²) in [5, 5.41) is 19.9. The van der Waals surface area contributed by atoms with Crippen LogP contribution in [0.15, 0.2) is 24.3 Å². The van der Waals surface area contributed by atoms with Crippen molar-refractivity contribution in [3.05, 3.63) is 35.4 Å². The van der Waals surface area contributed by atoms with Crippen LogP contribution in [0.4, 0.5) is 0 Å². The number of β-amino-alcohol motifs (C(OH)–C–C–N with tert-alkyl or cyclic N) is 1. The van der Waals surface area contributed by atoms with E-state index < -0.39 is 27.6 Å². The first-order valence-electron chi connectivity index (χ1n) is 8.62. The molecule has 8 heteroatoms. The summed E-state index contributed by atoms with van der Waals surface area (Å²) >= 11 is 0. The normalized spacial score (nSPS) is 20.5. The van der Waals surface area contributed by atoms with E-state index in [0.29, 0.717) is 11.1 Å². The Balaban J connectivity index is 2.14. The molecule has 0 aliphatic carbocycles. The topological polar surface area (TPSA) is 98.2 Å². The summed E-state index contributed by atoms with van der Waals surface area (Å²) in [4.78, 5) is 14.2. The third-order valence-electron chi connectivity index (χ3n) is 4.30. The van der Waals surface area contributed by atoms with Crippen LogP contribution in [0.2, 0.25) is 0 Å². The number of nitrogens with zero attached hydrogens (tertiary/aromatic N) is 2. The van der Waals surface area contributed by atoms with Gasteiger partial charge in [-0.15, -0.1) is 0 Å². The summed E-state index contributed by atoms with van der Waals surface area (Å²) in [7, 11) is -0.574. The van der Waals surface area contributed by atoms with Gasteiger partial charge in [-0.1, -0.05) is 17.9 Å². The molecule has 1 aliphatic rings. The maximum atomic E-state index is 12.7. The van der Waals surface area contributed by atoms with Gasteiger partial charge in [0.2, 0.25) is 10.0 Å². The molecule has 0 radical (unpaired) electrons. The van der Waals surface area contributed by atoms with Gasteiger partial charge in [-0.25, -0.2) is 12.7 Å². The van der Waals surface area contributed by atoms with Gasteiger partial charge < -0.3 is 15.1 Å². The van der Waals surface area contributed by atoms with Crippen molar-refractivity contribution in [2.45, 2.75) is 25.6 Å². The Kier molecular flexibility index (Phi) is 6.32. The molecule has 1 amide bonds. The van der Waals surface area contributed by atoms with Gasteiger partial charge in [0.05, 0.1) is 11.9 Å². The lowest BCUT2D eigenvalue weighted by Crippen LogP contribution is -2.33. The Bertz CT molecular complexity index is 862. The number of aliphatic hydroxyl groups is 2. The van der Waals surface area contributed by atoms with Gasteiger partial charge in [0.15, 0.2) is 0 Å². The number of sulfonamides is 1. The maximum absolute atomic E-state index is 12.7. The highest BCUT2D eigenvalue weighted by atomic mass is 32.2. The van der Waals surface area contributed by atoms with Gasteiger partial charge in [0.1, 0.15) is 5.60 Å². The summed E-state index contributed by atoms with van der Waals surface area (Å²) in [5.74, 6) is 4.50. The fraction of sp³-hybridized carbons (Fsp3) is 0.526. The van der Waals surface area contributed by atoms with Crippen molar-refractivity contribution in [3.8, 4) is 11.8 Å². The Hall–Kier alpha value is -1.92. The molecule has 2 N–H and O–H groups in total. The van der Waals surface area contributed by atoms with E-state index in [1.807, 2.05) is 0 Å².